The van der Waals surface area contributed by atoms with E-state index in [4.69, 9.17) is 9.15 Å². The molecular weight excluding hydrogens is 445 g/mol. The number of anilines is 1. The number of carbonyl (C=O) groups is 1. The number of fused-ring (bicyclic) bond motifs is 4. The molecule has 0 bridgehead atoms. The second-order valence-corrected chi connectivity index (χ2v) is 8.32. The van der Waals surface area contributed by atoms with Crippen molar-refractivity contribution in [1.82, 2.24) is 4.98 Å². The van der Waals surface area contributed by atoms with Crippen molar-refractivity contribution in [2.24, 2.45) is 0 Å². The highest BCUT2D eigenvalue weighted by Gasteiger charge is 2.57. The molecule has 5 nitrogen and oxygen atoms in total. The number of halogens is 3. The first-order chi connectivity index (χ1) is 16.4. The van der Waals surface area contributed by atoms with Crippen molar-refractivity contribution in [1.29, 1.82) is 0 Å². The quantitative estimate of drug-likeness (QED) is 0.399. The van der Waals surface area contributed by atoms with Gasteiger partial charge in [0.05, 0.1) is 6.54 Å². The fourth-order valence-electron chi connectivity index (χ4n) is 4.82. The lowest BCUT2D eigenvalue weighted by atomic mass is 9.76. The van der Waals surface area contributed by atoms with Crippen LogP contribution in [0.5, 0.6) is 5.75 Å². The van der Waals surface area contributed by atoms with Gasteiger partial charge in [0, 0.05) is 29.2 Å². The number of para-hydroxylation sites is 1. The van der Waals surface area contributed by atoms with Crippen LogP contribution in [0.1, 0.15) is 22.6 Å². The molecule has 6 rings (SSSR count). The molecule has 0 radical (unpaired) electrons. The summed E-state index contributed by atoms with van der Waals surface area (Å²) >= 11 is 0. The maximum absolute atomic E-state index is 14.0. The Labute approximate surface area is 192 Å². The molecule has 170 valence electrons. The summed E-state index contributed by atoms with van der Waals surface area (Å²) in [5.74, 6) is -0.695. The Morgan fingerprint density at radius 3 is 2.59 bits per heavy atom. The molecule has 0 N–H and O–H groups in total. The first kappa shape index (κ1) is 20.5. The second kappa shape index (κ2) is 7.21. The van der Waals surface area contributed by atoms with E-state index in [-0.39, 0.29) is 24.8 Å². The second-order valence-electron chi connectivity index (χ2n) is 8.32. The number of aromatic nitrogens is 1. The minimum absolute atomic E-state index is 0.0516. The zero-order valence-electron chi connectivity index (χ0n) is 17.7. The van der Waals surface area contributed by atoms with Gasteiger partial charge in [-0.3, -0.25) is 9.78 Å². The molecule has 1 amide bonds. The zero-order chi connectivity index (χ0) is 23.5. The lowest BCUT2D eigenvalue weighted by molar-refractivity contribution is -0.153. The SMILES string of the molecule is O=C1N(Cc2ccc(C(F)(F)F)o2)c2ccccc2C12COc1ccc(-c3cccnc3)cc12. The smallest absolute Gasteiger partial charge is 0.449 e. The number of rotatable bonds is 3. The van der Waals surface area contributed by atoms with Gasteiger partial charge in [-0.1, -0.05) is 30.3 Å². The summed E-state index contributed by atoms with van der Waals surface area (Å²) in [6.45, 7) is -0.0115. The molecule has 2 aliphatic heterocycles. The number of alkyl halides is 3. The summed E-state index contributed by atoms with van der Waals surface area (Å²) in [5, 5.41) is 0. The van der Waals surface area contributed by atoms with Crippen LogP contribution >= 0.6 is 0 Å². The minimum atomic E-state index is -4.59. The summed E-state index contributed by atoms with van der Waals surface area (Å²) in [5.41, 5.74) is 2.80. The van der Waals surface area contributed by atoms with Crippen molar-refractivity contribution in [3.63, 3.8) is 0 Å². The van der Waals surface area contributed by atoms with Gasteiger partial charge in [-0.25, -0.2) is 0 Å². The van der Waals surface area contributed by atoms with Crippen molar-refractivity contribution in [3.8, 4) is 16.9 Å². The van der Waals surface area contributed by atoms with Crippen LogP contribution in [-0.2, 0) is 22.9 Å². The molecule has 34 heavy (non-hydrogen) atoms. The molecule has 1 unspecified atom stereocenters. The number of benzene rings is 2. The van der Waals surface area contributed by atoms with Gasteiger partial charge in [0.2, 0.25) is 11.7 Å². The number of furan rings is 1. The standard InChI is InChI=1S/C26H17F3N2O3/c27-26(28,29)23-10-8-18(34-23)14-31-21-6-2-1-5-19(21)25(24(31)32)15-33-22-9-7-16(12-20(22)25)17-4-3-11-30-13-17/h1-13H,14-15H2. The van der Waals surface area contributed by atoms with Gasteiger partial charge in [0.15, 0.2) is 0 Å². The molecule has 0 saturated carbocycles. The van der Waals surface area contributed by atoms with E-state index in [9.17, 15) is 18.0 Å². The maximum atomic E-state index is 14.0. The van der Waals surface area contributed by atoms with Crippen LogP contribution in [0.25, 0.3) is 11.1 Å². The number of hydrogen-bond donors (Lipinski definition) is 0. The summed E-state index contributed by atoms with van der Waals surface area (Å²) < 4.78 is 50.0. The average molecular weight is 462 g/mol. The highest BCUT2D eigenvalue weighted by molar-refractivity contribution is 6.11. The van der Waals surface area contributed by atoms with Crippen molar-refractivity contribution in [2.45, 2.75) is 18.1 Å². The number of pyridine rings is 1. The molecule has 4 heterocycles. The topological polar surface area (TPSA) is 55.6 Å². The van der Waals surface area contributed by atoms with E-state index in [1.54, 1.807) is 24.5 Å². The summed E-state index contributed by atoms with van der Waals surface area (Å²) in [7, 11) is 0. The van der Waals surface area contributed by atoms with Crippen LogP contribution < -0.4 is 9.64 Å². The normalized spacial score (nSPS) is 18.8. The van der Waals surface area contributed by atoms with Crippen LogP contribution in [0.4, 0.5) is 18.9 Å². The Kier molecular flexibility index (Phi) is 4.36. The van der Waals surface area contributed by atoms with Gasteiger partial charge in [0.1, 0.15) is 23.5 Å². The average Bonchev–Trinajstić information content (AvgIpc) is 3.53. The maximum Gasteiger partial charge on any atom is 0.449 e. The van der Waals surface area contributed by atoms with E-state index in [0.29, 0.717) is 11.4 Å². The van der Waals surface area contributed by atoms with E-state index < -0.39 is 17.4 Å². The lowest BCUT2D eigenvalue weighted by Crippen LogP contribution is -2.42. The van der Waals surface area contributed by atoms with Crippen LogP contribution in [-0.4, -0.2) is 17.5 Å². The number of ether oxygens (including phenoxy) is 1. The van der Waals surface area contributed by atoms with Crippen LogP contribution in [0.3, 0.4) is 0 Å². The van der Waals surface area contributed by atoms with E-state index in [1.165, 1.54) is 11.0 Å². The summed E-state index contributed by atoms with van der Waals surface area (Å²) in [4.78, 5) is 19.6. The third-order valence-electron chi connectivity index (χ3n) is 6.40. The molecule has 2 aromatic carbocycles. The van der Waals surface area contributed by atoms with E-state index in [2.05, 4.69) is 4.98 Å². The largest absolute Gasteiger partial charge is 0.491 e. The van der Waals surface area contributed by atoms with Gasteiger partial charge in [0.25, 0.3) is 0 Å². The molecular formula is C26H17F3N2O3. The fraction of sp³-hybridized carbons (Fsp3) is 0.154. The van der Waals surface area contributed by atoms with Gasteiger partial charge in [-0.05, 0) is 47.5 Å². The molecule has 0 aliphatic carbocycles. The molecule has 4 aromatic rings. The van der Waals surface area contributed by atoms with Gasteiger partial charge in [-0.2, -0.15) is 13.2 Å². The first-order valence-corrected chi connectivity index (χ1v) is 10.6. The lowest BCUT2D eigenvalue weighted by Gasteiger charge is -2.23. The summed E-state index contributed by atoms with van der Waals surface area (Å²) in [6.07, 6.45) is -1.15. The van der Waals surface area contributed by atoms with Crippen LogP contribution in [0.2, 0.25) is 0 Å². The van der Waals surface area contributed by atoms with Crippen molar-refractivity contribution >= 4 is 11.6 Å². The Bertz CT molecular complexity index is 1410. The van der Waals surface area contributed by atoms with Gasteiger partial charge in [-0.15, -0.1) is 0 Å². The summed E-state index contributed by atoms with van der Waals surface area (Å²) in [6, 6.07) is 18.9. The highest BCUT2D eigenvalue weighted by Crippen LogP contribution is 2.53. The molecule has 1 atom stereocenters. The van der Waals surface area contributed by atoms with Crippen LogP contribution in [0.15, 0.2) is 83.5 Å². The Balaban J connectivity index is 1.44. The van der Waals surface area contributed by atoms with E-state index in [1.807, 2.05) is 42.5 Å². The Morgan fingerprint density at radius 1 is 0.971 bits per heavy atom. The fourth-order valence-corrected chi connectivity index (χ4v) is 4.82. The molecule has 0 fully saturated rings. The molecule has 8 heteroatoms. The minimum Gasteiger partial charge on any atom is -0.491 e. The Hall–Kier alpha value is -4.07. The van der Waals surface area contributed by atoms with E-state index in [0.717, 1.165) is 28.3 Å². The molecule has 0 saturated heterocycles. The number of amides is 1. The predicted molar refractivity (Wildman–Crippen MR) is 117 cm³/mol. The zero-order valence-corrected chi connectivity index (χ0v) is 17.7. The molecule has 1 spiro atoms. The van der Waals surface area contributed by atoms with E-state index >= 15 is 0 Å². The third-order valence-corrected chi connectivity index (χ3v) is 6.40. The van der Waals surface area contributed by atoms with Crippen molar-refractivity contribution < 1.29 is 27.1 Å². The molecule has 2 aromatic heterocycles. The predicted octanol–water partition coefficient (Wildman–Crippen LogP) is 5.59. The Morgan fingerprint density at radius 2 is 1.82 bits per heavy atom. The van der Waals surface area contributed by atoms with Crippen LogP contribution in [0, 0.1) is 0 Å². The highest BCUT2D eigenvalue weighted by atomic mass is 19.4. The molecule has 2 aliphatic rings. The first-order valence-electron chi connectivity index (χ1n) is 10.6. The monoisotopic (exact) mass is 462 g/mol. The van der Waals surface area contributed by atoms with Gasteiger partial charge < -0.3 is 14.1 Å². The number of carbonyl (C=O) groups excluding carboxylic acids is 1. The van der Waals surface area contributed by atoms with Crippen molar-refractivity contribution in [2.75, 3.05) is 11.5 Å². The third kappa shape index (κ3) is 2.95. The number of hydrogen-bond acceptors (Lipinski definition) is 4. The van der Waals surface area contributed by atoms with Crippen molar-refractivity contribution in [3.05, 3.63) is 102 Å². The number of nitrogens with zero attached hydrogens (tertiary/aromatic N) is 2. The van der Waals surface area contributed by atoms with Gasteiger partial charge >= 0.3 is 6.18 Å².